The molecular formula is C8H18FN. The summed E-state index contributed by atoms with van der Waals surface area (Å²) in [5.74, 6) is 0. The van der Waals surface area contributed by atoms with E-state index in [-0.39, 0.29) is 0 Å². The highest BCUT2D eigenvalue weighted by Gasteiger charge is 2.15. The zero-order valence-electron chi connectivity index (χ0n) is 7.37. The van der Waals surface area contributed by atoms with Gasteiger partial charge in [0.05, 0.1) is 0 Å². The summed E-state index contributed by atoms with van der Waals surface area (Å²) in [5, 5.41) is 3.10. The van der Waals surface area contributed by atoms with Crippen LogP contribution in [0.15, 0.2) is 0 Å². The fourth-order valence-electron chi connectivity index (χ4n) is 0.561. The molecule has 10 heavy (non-hydrogen) atoms. The van der Waals surface area contributed by atoms with E-state index in [1.165, 1.54) is 0 Å². The van der Waals surface area contributed by atoms with Gasteiger partial charge in [-0.25, -0.2) is 4.39 Å². The number of nitrogens with one attached hydrogen (secondary N) is 1. The third-order valence-corrected chi connectivity index (χ3v) is 1.48. The largest absolute Gasteiger partial charge is 0.311 e. The van der Waals surface area contributed by atoms with Crippen molar-refractivity contribution in [2.45, 2.75) is 45.8 Å². The molecule has 1 N–H and O–H groups in total. The second-order valence-corrected chi connectivity index (χ2v) is 3.41. The van der Waals surface area contributed by atoms with Crippen LogP contribution in [0.3, 0.4) is 0 Å². The van der Waals surface area contributed by atoms with Gasteiger partial charge >= 0.3 is 0 Å². The van der Waals surface area contributed by atoms with Gasteiger partial charge in [0, 0.05) is 12.6 Å². The van der Waals surface area contributed by atoms with Crippen LogP contribution in [0.4, 0.5) is 4.39 Å². The third-order valence-electron chi connectivity index (χ3n) is 1.48. The van der Waals surface area contributed by atoms with Gasteiger partial charge in [-0.1, -0.05) is 6.92 Å². The van der Waals surface area contributed by atoms with Gasteiger partial charge in [0.15, 0.2) is 0 Å². The topological polar surface area (TPSA) is 12.0 Å². The number of halogens is 1. The number of rotatable bonds is 4. The zero-order valence-corrected chi connectivity index (χ0v) is 7.37. The van der Waals surface area contributed by atoms with Crippen LogP contribution in [-0.4, -0.2) is 18.3 Å². The summed E-state index contributed by atoms with van der Waals surface area (Å²) in [5.41, 5.74) is -1.08. The summed E-state index contributed by atoms with van der Waals surface area (Å²) in [4.78, 5) is 0. The highest BCUT2D eigenvalue weighted by Crippen LogP contribution is 2.05. The van der Waals surface area contributed by atoms with Crippen LogP contribution >= 0.6 is 0 Å². The average molecular weight is 147 g/mol. The first-order valence-electron chi connectivity index (χ1n) is 3.88. The number of hydrogen-bond acceptors (Lipinski definition) is 1. The summed E-state index contributed by atoms with van der Waals surface area (Å²) in [6.45, 7) is 7.77. The lowest BCUT2D eigenvalue weighted by Crippen LogP contribution is -2.36. The molecule has 0 amide bonds. The van der Waals surface area contributed by atoms with E-state index in [2.05, 4.69) is 19.2 Å². The SMILES string of the molecule is CCC(C)NCC(C)(C)F. The van der Waals surface area contributed by atoms with Gasteiger partial charge in [-0.2, -0.15) is 0 Å². The Bertz CT molecular complexity index is 85.7. The molecule has 1 unspecified atom stereocenters. The molecule has 0 spiro atoms. The maximum absolute atomic E-state index is 12.8. The molecule has 0 aliphatic rings. The van der Waals surface area contributed by atoms with Crippen molar-refractivity contribution in [1.82, 2.24) is 5.32 Å². The normalized spacial score (nSPS) is 15.3. The molecule has 0 aliphatic heterocycles. The predicted molar refractivity (Wildman–Crippen MR) is 42.9 cm³/mol. The van der Waals surface area contributed by atoms with Crippen LogP contribution < -0.4 is 5.32 Å². The van der Waals surface area contributed by atoms with E-state index in [9.17, 15) is 4.39 Å². The standard InChI is InChI=1S/C8H18FN/c1-5-7(2)10-6-8(3,4)9/h7,10H,5-6H2,1-4H3. The summed E-state index contributed by atoms with van der Waals surface area (Å²) < 4.78 is 12.8. The molecule has 1 atom stereocenters. The van der Waals surface area contributed by atoms with Crippen LogP contribution in [0.5, 0.6) is 0 Å². The monoisotopic (exact) mass is 147 g/mol. The first kappa shape index (κ1) is 9.89. The molecule has 1 nitrogen and oxygen atoms in total. The van der Waals surface area contributed by atoms with Crippen LogP contribution in [0.25, 0.3) is 0 Å². The lowest BCUT2D eigenvalue weighted by molar-refractivity contribution is 0.203. The summed E-state index contributed by atoms with van der Waals surface area (Å²) in [7, 11) is 0. The van der Waals surface area contributed by atoms with Gasteiger partial charge < -0.3 is 5.32 Å². The fraction of sp³-hybridized carbons (Fsp3) is 1.00. The van der Waals surface area contributed by atoms with Gasteiger partial charge in [-0.3, -0.25) is 0 Å². The molecule has 0 fully saturated rings. The summed E-state index contributed by atoms with van der Waals surface area (Å²) >= 11 is 0. The Balaban J connectivity index is 3.36. The molecule has 0 heterocycles. The second kappa shape index (κ2) is 3.91. The van der Waals surface area contributed by atoms with Gasteiger partial charge in [0.25, 0.3) is 0 Å². The number of hydrogen-bond donors (Lipinski definition) is 1. The second-order valence-electron chi connectivity index (χ2n) is 3.41. The Hall–Kier alpha value is -0.110. The van der Waals surface area contributed by atoms with Crippen molar-refractivity contribution in [2.24, 2.45) is 0 Å². The summed E-state index contributed by atoms with van der Waals surface area (Å²) in [6.07, 6.45) is 1.05. The smallest absolute Gasteiger partial charge is 0.117 e. The highest BCUT2D eigenvalue weighted by atomic mass is 19.1. The van der Waals surface area contributed by atoms with E-state index in [4.69, 9.17) is 0 Å². The predicted octanol–water partition coefficient (Wildman–Crippen LogP) is 2.12. The van der Waals surface area contributed by atoms with Crippen molar-refractivity contribution < 1.29 is 4.39 Å². The Kier molecular flexibility index (Phi) is 3.87. The van der Waals surface area contributed by atoms with Crippen molar-refractivity contribution in [2.75, 3.05) is 6.54 Å². The first-order valence-corrected chi connectivity index (χ1v) is 3.88. The van der Waals surface area contributed by atoms with Crippen LogP contribution in [0.1, 0.15) is 34.1 Å². The molecule has 2 heteroatoms. The maximum Gasteiger partial charge on any atom is 0.117 e. The van der Waals surface area contributed by atoms with E-state index in [0.29, 0.717) is 12.6 Å². The van der Waals surface area contributed by atoms with E-state index in [0.717, 1.165) is 6.42 Å². The molecule has 0 radical (unpaired) electrons. The molecule has 0 rings (SSSR count). The lowest BCUT2D eigenvalue weighted by Gasteiger charge is -2.18. The van der Waals surface area contributed by atoms with E-state index in [1.807, 2.05) is 0 Å². The van der Waals surface area contributed by atoms with Crippen LogP contribution in [-0.2, 0) is 0 Å². The Morgan fingerprint density at radius 2 is 2.00 bits per heavy atom. The average Bonchev–Trinajstić information content (AvgIpc) is 1.81. The van der Waals surface area contributed by atoms with Gasteiger partial charge in [-0.05, 0) is 27.2 Å². The Morgan fingerprint density at radius 3 is 2.30 bits per heavy atom. The van der Waals surface area contributed by atoms with E-state index >= 15 is 0 Å². The van der Waals surface area contributed by atoms with E-state index < -0.39 is 5.67 Å². The first-order chi connectivity index (χ1) is 4.45. The molecule has 0 bridgehead atoms. The zero-order chi connectivity index (χ0) is 8.20. The van der Waals surface area contributed by atoms with Crippen LogP contribution in [0.2, 0.25) is 0 Å². The van der Waals surface area contributed by atoms with Gasteiger partial charge in [0.1, 0.15) is 5.67 Å². The highest BCUT2D eigenvalue weighted by molar-refractivity contribution is 4.71. The molecule has 0 saturated carbocycles. The van der Waals surface area contributed by atoms with Gasteiger partial charge in [0.2, 0.25) is 0 Å². The Morgan fingerprint density at radius 1 is 1.50 bits per heavy atom. The molecule has 0 aromatic heterocycles. The molecule has 0 aromatic rings. The molecule has 0 aliphatic carbocycles. The molecule has 0 saturated heterocycles. The van der Waals surface area contributed by atoms with E-state index in [1.54, 1.807) is 13.8 Å². The minimum Gasteiger partial charge on any atom is -0.311 e. The Labute approximate surface area is 63.0 Å². The molecule has 0 aromatic carbocycles. The van der Waals surface area contributed by atoms with Gasteiger partial charge in [-0.15, -0.1) is 0 Å². The van der Waals surface area contributed by atoms with Crippen molar-refractivity contribution in [3.63, 3.8) is 0 Å². The minimum atomic E-state index is -1.08. The van der Waals surface area contributed by atoms with Crippen molar-refractivity contribution in [1.29, 1.82) is 0 Å². The minimum absolute atomic E-state index is 0.426. The quantitative estimate of drug-likeness (QED) is 0.642. The fourth-order valence-corrected chi connectivity index (χ4v) is 0.561. The molecule has 62 valence electrons. The molecular weight excluding hydrogens is 129 g/mol. The van der Waals surface area contributed by atoms with Crippen molar-refractivity contribution in [3.05, 3.63) is 0 Å². The third kappa shape index (κ3) is 6.02. The van der Waals surface area contributed by atoms with Crippen molar-refractivity contribution >= 4 is 0 Å². The maximum atomic E-state index is 12.8. The lowest BCUT2D eigenvalue weighted by atomic mass is 10.1. The number of alkyl halides is 1. The van der Waals surface area contributed by atoms with Crippen LogP contribution in [0, 0.1) is 0 Å². The summed E-state index contributed by atoms with van der Waals surface area (Å²) in [6, 6.07) is 0.426. The van der Waals surface area contributed by atoms with Crippen molar-refractivity contribution in [3.8, 4) is 0 Å².